The van der Waals surface area contributed by atoms with Gasteiger partial charge in [0.15, 0.2) is 11.6 Å². The Kier molecular flexibility index (Phi) is 4.75. The van der Waals surface area contributed by atoms with E-state index in [2.05, 4.69) is 10.4 Å². The van der Waals surface area contributed by atoms with Gasteiger partial charge in [0, 0.05) is 38.5 Å². The molecule has 0 radical (unpaired) electrons. The lowest BCUT2D eigenvalue weighted by Gasteiger charge is -2.05. The zero-order valence-electron chi connectivity index (χ0n) is 10.9. The van der Waals surface area contributed by atoms with Crippen molar-refractivity contribution in [3.63, 3.8) is 0 Å². The van der Waals surface area contributed by atoms with Crippen molar-refractivity contribution >= 4 is 0 Å². The third-order valence-electron chi connectivity index (χ3n) is 2.64. The van der Waals surface area contributed by atoms with Gasteiger partial charge in [-0.1, -0.05) is 0 Å². The zero-order chi connectivity index (χ0) is 14.5. The van der Waals surface area contributed by atoms with Crippen molar-refractivity contribution in [2.45, 2.75) is 6.54 Å². The lowest BCUT2D eigenvalue weighted by molar-refractivity contribution is 0.199. The Morgan fingerprint density at radius 1 is 1.25 bits per heavy atom. The first kappa shape index (κ1) is 14.5. The minimum atomic E-state index is -0.996. The first-order chi connectivity index (χ1) is 9.61. The van der Waals surface area contributed by atoms with Gasteiger partial charge in [-0.05, 0) is 6.07 Å². The fourth-order valence-electron chi connectivity index (χ4n) is 1.72. The number of hydrogen-bond acceptors (Lipinski definition) is 3. The average molecular weight is 285 g/mol. The van der Waals surface area contributed by atoms with E-state index in [9.17, 15) is 13.2 Å². The number of hydrogen-bond donors (Lipinski definition) is 1. The topological polar surface area (TPSA) is 39.1 Å². The van der Waals surface area contributed by atoms with E-state index >= 15 is 0 Å². The second-order valence-corrected chi connectivity index (χ2v) is 4.14. The number of methoxy groups -OCH3 is 1. The Hall–Kier alpha value is -1.86. The molecule has 20 heavy (non-hydrogen) atoms. The molecule has 1 N–H and O–H groups in total. The number of nitrogens with zero attached hydrogens (tertiary/aromatic N) is 2. The van der Waals surface area contributed by atoms with E-state index in [1.165, 1.54) is 6.20 Å². The third-order valence-corrected chi connectivity index (χ3v) is 2.64. The highest BCUT2D eigenvalue weighted by Crippen LogP contribution is 2.18. The van der Waals surface area contributed by atoms with E-state index in [0.717, 1.165) is 4.68 Å². The van der Waals surface area contributed by atoms with Crippen molar-refractivity contribution in [3.05, 3.63) is 47.5 Å². The van der Waals surface area contributed by atoms with Crippen molar-refractivity contribution in [3.8, 4) is 5.69 Å². The summed E-state index contributed by atoms with van der Waals surface area (Å²) in [5, 5.41) is 7.10. The predicted molar refractivity (Wildman–Crippen MR) is 67.0 cm³/mol. The maximum Gasteiger partial charge on any atom is 0.154 e. The molecule has 0 spiro atoms. The highest BCUT2D eigenvalue weighted by atomic mass is 19.1. The van der Waals surface area contributed by atoms with Crippen LogP contribution in [0.5, 0.6) is 0 Å². The summed E-state index contributed by atoms with van der Waals surface area (Å²) >= 11 is 0. The van der Waals surface area contributed by atoms with E-state index in [-0.39, 0.29) is 0 Å². The molecule has 1 aromatic heterocycles. The van der Waals surface area contributed by atoms with Gasteiger partial charge in [-0.3, -0.25) is 0 Å². The Bertz CT molecular complexity index is 563. The summed E-state index contributed by atoms with van der Waals surface area (Å²) in [6, 6.07) is 2.87. The molecule has 108 valence electrons. The lowest BCUT2D eigenvalue weighted by Crippen LogP contribution is -2.19. The van der Waals surface area contributed by atoms with E-state index in [0.29, 0.717) is 37.5 Å². The van der Waals surface area contributed by atoms with Crippen molar-refractivity contribution in [2.75, 3.05) is 20.3 Å². The standard InChI is InChI=1S/C13H14F3N3O/c1-20-5-3-17-8-10-2-4-19(18-10)13-11(15)6-9(14)7-12(13)16/h2,4,6-7,17H,3,5,8H2,1H3. The van der Waals surface area contributed by atoms with Crippen LogP contribution in [0.2, 0.25) is 0 Å². The number of rotatable bonds is 6. The molecule has 2 aromatic rings. The molecule has 0 saturated heterocycles. The summed E-state index contributed by atoms with van der Waals surface area (Å²) < 4.78 is 45.9. The van der Waals surface area contributed by atoms with E-state index in [1.54, 1.807) is 13.2 Å². The van der Waals surface area contributed by atoms with Crippen LogP contribution in [0.4, 0.5) is 13.2 Å². The van der Waals surface area contributed by atoms with E-state index in [4.69, 9.17) is 4.74 Å². The fourth-order valence-corrected chi connectivity index (χ4v) is 1.72. The van der Waals surface area contributed by atoms with Crippen LogP contribution >= 0.6 is 0 Å². The number of halogens is 3. The summed E-state index contributed by atoms with van der Waals surface area (Å²) in [4.78, 5) is 0. The molecule has 0 fully saturated rings. The minimum Gasteiger partial charge on any atom is -0.383 e. The molecule has 0 atom stereocenters. The molecule has 0 saturated carbocycles. The minimum absolute atomic E-state index is 0.394. The fraction of sp³-hybridized carbons (Fsp3) is 0.308. The van der Waals surface area contributed by atoms with Crippen molar-refractivity contribution in [1.82, 2.24) is 15.1 Å². The smallest absolute Gasteiger partial charge is 0.154 e. The maximum absolute atomic E-state index is 13.6. The van der Waals surface area contributed by atoms with Crippen molar-refractivity contribution in [2.24, 2.45) is 0 Å². The molecule has 0 bridgehead atoms. The molecule has 0 aliphatic carbocycles. The Morgan fingerprint density at radius 3 is 2.60 bits per heavy atom. The molecule has 1 heterocycles. The van der Waals surface area contributed by atoms with Gasteiger partial charge < -0.3 is 10.1 Å². The highest BCUT2D eigenvalue weighted by molar-refractivity contribution is 5.35. The van der Waals surface area contributed by atoms with Gasteiger partial charge >= 0.3 is 0 Å². The summed E-state index contributed by atoms with van der Waals surface area (Å²) in [6.45, 7) is 1.64. The molecular formula is C13H14F3N3O. The predicted octanol–water partition coefficient (Wildman–Crippen LogP) is 2.03. The summed E-state index contributed by atoms with van der Waals surface area (Å²) in [7, 11) is 1.59. The van der Waals surface area contributed by atoms with Crippen LogP contribution < -0.4 is 5.32 Å². The molecule has 4 nitrogen and oxygen atoms in total. The zero-order valence-corrected chi connectivity index (χ0v) is 10.9. The van der Waals surface area contributed by atoms with Crippen LogP contribution in [0.15, 0.2) is 24.4 Å². The van der Waals surface area contributed by atoms with Crippen LogP contribution in [-0.2, 0) is 11.3 Å². The Labute approximate surface area is 114 Å². The summed E-state index contributed by atoms with van der Waals surface area (Å²) in [6.07, 6.45) is 1.42. The van der Waals surface area contributed by atoms with Crippen LogP contribution in [0.25, 0.3) is 5.69 Å². The molecule has 0 unspecified atom stereocenters. The van der Waals surface area contributed by atoms with Gasteiger partial charge in [-0.2, -0.15) is 5.10 Å². The van der Waals surface area contributed by atoms with E-state index in [1.807, 2.05) is 0 Å². The molecule has 1 aromatic carbocycles. The van der Waals surface area contributed by atoms with Crippen molar-refractivity contribution < 1.29 is 17.9 Å². The van der Waals surface area contributed by atoms with Gasteiger partial charge in [0.05, 0.1) is 12.3 Å². The molecular weight excluding hydrogens is 271 g/mol. The quantitative estimate of drug-likeness (QED) is 0.825. The van der Waals surface area contributed by atoms with Gasteiger partial charge in [0.25, 0.3) is 0 Å². The molecule has 2 rings (SSSR count). The normalized spacial score (nSPS) is 11.0. The van der Waals surface area contributed by atoms with E-state index < -0.39 is 23.1 Å². The lowest BCUT2D eigenvalue weighted by atomic mass is 10.3. The second kappa shape index (κ2) is 6.53. The third kappa shape index (κ3) is 3.37. The van der Waals surface area contributed by atoms with Gasteiger partial charge in [-0.25, -0.2) is 17.9 Å². The van der Waals surface area contributed by atoms with Crippen LogP contribution in [0, 0.1) is 17.5 Å². The second-order valence-electron chi connectivity index (χ2n) is 4.14. The summed E-state index contributed by atoms with van der Waals surface area (Å²) in [5.74, 6) is -2.95. The molecule has 0 aliphatic rings. The molecule has 0 aliphatic heterocycles. The number of ether oxygens (including phenoxy) is 1. The number of nitrogens with one attached hydrogen (secondary N) is 1. The van der Waals surface area contributed by atoms with Gasteiger partial charge in [0.2, 0.25) is 0 Å². The average Bonchev–Trinajstić information content (AvgIpc) is 2.82. The largest absolute Gasteiger partial charge is 0.383 e. The van der Waals surface area contributed by atoms with Gasteiger partial charge in [-0.15, -0.1) is 0 Å². The Morgan fingerprint density at radius 2 is 1.95 bits per heavy atom. The van der Waals surface area contributed by atoms with Gasteiger partial charge in [0.1, 0.15) is 11.5 Å². The SMILES string of the molecule is COCCNCc1ccn(-c2c(F)cc(F)cc2F)n1. The van der Waals surface area contributed by atoms with Crippen LogP contribution in [0.3, 0.4) is 0 Å². The monoisotopic (exact) mass is 285 g/mol. The first-order valence-electron chi connectivity index (χ1n) is 6.01. The molecule has 7 heteroatoms. The van der Waals surface area contributed by atoms with Crippen LogP contribution in [0.1, 0.15) is 5.69 Å². The van der Waals surface area contributed by atoms with Crippen LogP contribution in [-0.4, -0.2) is 30.0 Å². The first-order valence-corrected chi connectivity index (χ1v) is 6.01. The number of aromatic nitrogens is 2. The Balaban J connectivity index is 2.13. The number of benzene rings is 1. The van der Waals surface area contributed by atoms with Crippen molar-refractivity contribution in [1.29, 1.82) is 0 Å². The molecule has 0 amide bonds. The summed E-state index contributed by atoms with van der Waals surface area (Å²) in [5.41, 5.74) is 0.221. The highest BCUT2D eigenvalue weighted by Gasteiger charge is 2.14. The maximum atomic E-state index is 13.6.